The minimum atomic E-state index is -0.448. The van der Waals surface area contributed by atoms with Gasteiger partial charge in [-0.15, -0.1) is 0 Å². The number of nitrogens with zero attached hydrogens (tertiary/aromatic N) is 2. The molecule has 0 saturated heterocycles. The second-order valence-electron chi connectivity index (χ2n) is 6.80. The van der Waals surface area contributed by atoms with Crippen molar-refractivity contribution in [2.75, 3.05) is 14.2 Å². The van der Waals surface area contributed by atoms with Crippen LogP contribution >= 0.6 is 0 Å². The maximum atomic E-state index is 13.0. The molecule has 0 N–H and O–H groups in total. The van der Waals surface area contributed by atoms with Crippen molar-refractivity contribution in [2.24, 2.45) is 0 Å². The van der Waals surface area contributed by atoms with Crippen molar-refractivity contribution in [2.45, 2.75) is 6.61 Å². The molecule has 0 amide bonds. The average Bonchev–Trinajstić information content (AvgIpc) is 3.29. The summed E-state index contributed by atoms with van der Waals surface area (Å²) in [5.41, 5.74) is 3.35. The van der Waals surface area contributed by atoms with Gasteiger partial charge in [0.25, 0.3) is 0 Å². The zero-order valence-corrected chi connectivity index (χ0v) is 17.3. The van der Waals surface area contributed by atoms with E-state index in [4.69, 9.17) is 14.2 Å². The third-order valence-corrected chi connectivity index (χ3v) is 4.82. The summed E-state index contributed by atoms with van der Waals surface area (Å²) < 4.78 is 18.0. The van der Waals surface area contributed by atoms with Crippen LogP contribution in [0.3, 0.4) is 0 Å². The van der Waals surface area contributed by atoms with Crippen LogP contribution in [-0.2, 0) is 11.3 Å². The van der Waals surface area contributed by atoms with E-state index in [2.05, 4.69) is 5.10 Å². The molecule has 3 aromatic carbocycles. The molecule has 0 bridgehead atoms. The van der Waals surface area contributed by atoms with E-state index in [1.165, 1.54) is 0 Å². The van der Waals surface area contributed by atoms with Crippen LogP contribution in [0.1, 0.15) is 15.9 Å². The summed E-state index contributed by atoms with van der Waals surface area (Å²) in [6, 6.07) is 24.6. The number of para-hydroxylation sites is 1. The zero-order valence-electron chi connectivity index (χ0n) is 17.3. The normalized spacial score (nSPS) is 10.5. The van der Waals surface area contributed by atoms with Gasteiger partial charge in [0.1, 0.15) is 17.9 Å². The Labute approximate surface area is 180 Å². The highest BCUT2D eigenvalue weighted by atomic mass is 16.5. The van der Waals surface area contributed by atoms with Gasteiger partial charge in [-0.05, 0) is 35.9 Å². The Balaban J connectivity index is 1.72. The molecule has 0 radical (unpaired) electrons. The highest BCUT2D eigenvalue weighted by Crippen LogP contribution is 2.33. The van der Waals surface area contributed by atoms with Crippen LogP contribution < -0.4 is 9.47 Å². The lowest BCUT2D eigenvalue weighted by atomic mass is 10.1. The Bertz CT molecular complexity index is 1170. The molecule has 0 fully saturated rings. The molecule has 0 unspecified atom stereocenters. The van der Waals surface area contributed by atoms with Crippen LogP contribution in [0, 0.1) is 0 Å². The molecule has 0 saturated carbocycles. The molecular weight excluding hydrogens is 392 g/mol. The van der Waals surface area contributed by atoms with E-state index in [0.29, 0.717) is 22.8 Å². The number of carbonyl (C=O) groups is 1. The molecule has 1 heterocycles. The SMILES string of the molecule is COc1ccc(-c2nn(-c3ccccc3)cc2C(=O)OCc2ccccc2)cc1OC. The Hall–Kier alpha value is -4.06. The summed E-state index contributed by atoms with van der Waals surface area (Å²) >= 11 is 0. The number of rotatable bonds is 7. The minimum absolute atomic E-state index is 0.182. The Morgan fingerprint density at radius 1 is 0.871 bits per heavy atom. The van der Waals surface area contributed by atoms with Crippen molar-refractivity contribution in [3.63, 3.8) is 0 Å². The summed E-state index contributed by atoms with van der Waals surface area (Å²) in [7, 11) is 3.15. The molecule has 0 aliphatic heterocycles. The lowest BCUT2D eigenvalue weighted by molar-refractivity contribution is 0.0473. The largest absolute Gasteiger partial charge is 0.493 e. The van der Waals surface area contributed by atoms with Crippen LogP contribution in [0.15, 0.2) is 85.1 Å². The second-order valence-corrected chi connectivity index (χ2v) is 6.80. The third-order valence-electron chi connectivity index (χ3n) is 4.82. The number of carbonyl (C=O) groups excluding carboxylic acids is 1. The Morgan fingerprint density at radius 2 is 1.55 bits per heavy atom. The van der Waals surface area contributed by atoms with Gasteiger partial charge in [-0.25, -0.2) is 9.48 Å². The second kappa shape index (κ2) is 9.17. The summed E-state index contributed by atoms with van der Waals surface area (Å²) in [5, 5.41) is 4.68. The summed E-state index contributed by atoms with van der Waals surface area (Å²) in [5.74, 6) is 0.704. The van der Waals surface area contributed by atoms with Crippen molar-refractivity contribution in [1.29, 1.82) is 0 Å². The fourth-order valence-corrected chi connectivity index (χ4v) is 3.23. The van der Waals surface area contributed by atoms with Gasteiger partial charge in [-0.1, -0.05) is 48.5 Å². The number of methoxy groups -OCH3 is 2. The fourth-order valence-electron chi connectivity index (χ4n) is 3.23. The van der Waals surface area contributed by atoms with Crippen molar-refractivity contribution in [3.8, 4) is 28.4 Å². The molecule has 0 aliphatic carbocycles. The topological polar surface area (TPSA) is 62.6 Å². The number of esters is 1. The smallest absolute Gasteiger partial charge is 0.342 e. The van der Waals surface area contributed by atoms with Gasteiger partial charge in [0.2, 0.25) is 0 Å². The maximum absolute atomic E-state index is 13.0. The molecule has 1 aromatic heterocycles. The first kappa shape index (κ1) is 20.2. The van der Waals surface area contributed by atoms with E-state index in [9.17, 15) is 4.79 Å². The van der Waals surface area contributed by atoms with E-state index >= 15 is 0 Å². The van der Waals surface area contributed by atoms with Gasteiger partial charge in [0, 0.05) is 11.8 Å². The molecule has 0 atom stereocenters. The van der Waals surface area contributed by atoms with Crippen LogP contribution in [0.5, 0.6) is 11.5 Å². The molecule has 31 heavy (non-hydrogen) atoms. The highest BCUT2D eigenvalue weighted by Gasteiger charge is 2.21. The predicted molar refractivity (Wildman–Crippen MR) is 118 cm³/mol. The molecular formula is C25H22N2O4. The van der Waals surface area contributed by atoms with Crippen LogP contribution in [-0.4, -0.2) is 30.0 Å². The summed E-state index contributed by atoms with van der Waals surface area (Å²) in [6.07, 6.45) is 1.69. The van der Waals surface area contributed by atoms with Crippen molar-refractivity contribution < 1.29 is 19.0 Å². The first-order chi connectivity index (χ1) is 15.2. The van der Waals surface area contributed by atoms with Gasteiger partial charge in [0.05, 0.1) is 19.9 Å². The standard InChI is InChI=1S/C25H22N2O4/c1-29-22-14-13-19(15-23(22)30-2)24-21(16-27(26-24)20-11-7-4-8-12-20)25(28)31-17-18-9-5-3-6-10-18/h3-16H,17H2,1-2H3. The number of aromatic nitrogens is 2. The predicted octanol–water partition coefficient (Wildman–Crippen LogP) is 4.91. The lowest BCUT2D eigenvalue weighted by Gasteiger charge is -2.09. The molecule has 4 rings (SSSR count). The van der Waals surface area contributed by atoms with Gasteiger partial charge < -0.3 is 14.2 Å². The zero-order chi connectivity index (χ0) is 21.6. The fraction of sp³-hybridized carbons (Fsp3) is 0.120. The number of ether oxygens (including phenoxy) is 3. The highest BCUT2D eigenvalue weighted by molar-refractivity contribution is 5.96. The maximum Gasteiger partial charge on any atom is 0.342 e. The van der Waals surface area contributed by atoms with Gasteiger partial charge in [-0.2, -0.15) is 5.10 Å². The first-order valence-corrected chi connectivity index (χ1v) is 9.78. The molecule has 0 aliphatic rings. The number of hydrogen-bond acceptors (Lipinski definition) is 5. The average molecular weight is 414 g/mol. The summed E-state index contributed by atoms with van der Waals surface area (Å²) in [6.45, 7) is 0.182. The third kappa shape index (κ3) is 4.43. The first-order valence-electron chi connectivity index (χ1n) is 9.78. The minimum Gasteiger partial charge on any atom is -0.493 e. The van der Waals surface area contributed by atoms with Crippen LogP contribution in [0.2, 0.25) is 0 Å². The Morgan fingerprint density at radius 3 is 2.23 bits per heavy atom. The summed E-state index contributed by atoms with van der Waals surface area (Å²) in [4.78, 5) is 13.0. The van der Waals surface area contributed by atoms with Crippen molar-refractivity contribution >= 4 is 5.97 Å². The van der Waals surface area contributed by atoms with Gasteiger partial charge >= 0.3 is 5.97 Å². The molecule has 6 nitrogen and oxygen atoms in total. The molecule has 156 valence electrons. The van der Waals surface area contributed by atoms with Crippen molar-refractivity contribution in [1.82, 2.24) is 9.78 Å². The molecule has 0 spiro atoms. The molecule has 6 heteroatoms. The van der Waals surface area contributed by atoms with E-state index in [1.54, 1.807) is 37.2 Å². The van der Waals surface area contributed by atoms with E-state index < -0.39 is 5.97 Å². The van der Waals surface area contributed by atoms with Crippen LogP contribution in [0.4, 0.5) is 0 Å². The number of hydrogen-bond donors (Lipinski definition) is 0. The molecule has 4 aromatic rings. The Kier molecular flexibility index (Phi) is 5.98. The lowest BCUT2D eigenvalue weighted by Crippen LogP contribution is -2.06. The quantitative estimate of drug-likeness (QED) is 0.402. The van der Waals surface area contributed by atoms with Crippen molar-refractivity contribution in [3.05, 3.63) is 96.2 Å². The van der Waals surface area contributed by atoms with E-state index in [1.807, 2.05) is 66.7 Å². The van der Waals surface area contributed by atoms with Gasteiger partial charge in [-0.3, -0.25) is 0 Å². The van der Waals surface area contributed by atoms with Crippen LogP contribution in [0.25, 0.3) is 16.9 Å². The monoisotopic (exact) mass is 414 g/mol. The van der Waals surface area contributed by atoms with Gasteiger partial charge in [0.15, 0.2) is 11.5 Å². The van der Waals surface area contributed by atoms with E-state index in [0.717, 1.165) is 16.8 Å². The number of benzene rings is 3. The van der Waals surface area contributed by atoms with E-state index in [-0.39, 0.29) is 6.61 Å².